The number of carbonyl (C=O) groups is 4. The van der Waals surface area contributed by atoms with Crippen LogP contribution in [0.5, 0.6) is 0 Å². The summed E-state index contributed by atoms with van der Waals surface area (Å²) < 4.78 is 68.4. The molecule has 0 aromatic rings. The van der Waals surface area contributed by atoms with Gasteiger partial charge in [0.2, 0.25) is 0 Å². The van der Waals surface area contributed by atoms with Crippen molar-refractivity contribution in [2.75, 3.05) is 39.6 Å². The Bertz CT molecular complexity index is 1770. The Kier molecular flexibility index (Phi) is 64.9. The molecule has 0 spiro atoms. The third-order valence-corrected chi connectivity index (χ3v) is 19.3. The van der Waals surface area contributed by atoms with Gasteiger partial charge in [-0.3, -0.25) is 37.3 Å². The molecule has 3 N–H and O–H groups in total. The van der Waals surface area contributed by atoms with Crippen LogP contribution in [0.25, 0.3) is 0 Å². The highest BCUT2D eigenvalue weighted by molar-refractivity contribution is 7.47. The molecule has 19 heteroatoms. The van der Waals surface area contributed by atoms with E-state index >= 15 is 0 Å². The third-order valence-electron chi connectivity index (χ3n) is 17.4. The maximum absolute atomic E-state index is 13.1. The zero-order chi connectivity index (χ0) is 67.7. The highest BCUT2D eigenvalue weighted by atomic mass is 31.2. The van der Waals surface area contributed by atoms with Crippen LogP contribution < -0.4 is 0 Å². The van der Waals surface area contributed by atoms with Crippen molar-refractivity contribution in [3.63, 3.8) is 0 Å². The molecule has 0 bridgehead atoms. The first-order valence-electron chi connectivity index (χ1n) is 38.2. The molecule has 0 fully saturated rings. The number of phosphoric ester groups is 2. The fourth-order valence-corrected chi connectivity index (χ4v) is 12.7. The normalized spacial score (nSPS) is 14.3. The number of esters is 4. The molecule has 0 aromatic carbocycles. The van der Waals surface area contributed by atoms with Crippen molar-refractivity contribution < 1.29 is 80.2 Å². The van der Waals surface area contributed by atoms with Gasteiger partial charge in [0.15, 0.2) is 12.2 Å². The summed E-state index contributed by atoms with van der Waals surface area (Å²) in [6.07, 6.45) is 54.0. The predicted molar refractivity (Wildman–Crippen MR) is 372 cm³/mol. The topological polar surface area (TPSA) is 237 Å². The molecular weight excluding hydrogens is 1210 g/mol. The first-order chi connectivity index (χ1) is 44.6. The van der Waals surface area contributed by atoms with E-state index in [0.717, 1.165) is 102 Å². The molecule has 6 atom stereocenters. The van der Waals surface area contributed by atoms with E-state index in [2.05, 4.69) is 34.6 Å². The summed E-state index contributed by atoms with van der Waals surface area (Å²) in [7, 11) is -9.90. The Morgan fingerprint density at radius 1 is 0.304 bits per heavy atom. The molecule has 0 heterocycles. The van der Waals surface area contributed by atoms with Crippen molar-refractivity contribution in [1.29, 1.82) is 0 Å². The van der Waals surface area contributed by atoms with E-state index in [9.17, 15) is 43.2 Å². The minimum atomic E-state index is -4.95. The van der Waals surface area contributed by atoms with Crippen LogP contribution in [-0.4, -0.2) is 96.7 Å². The first-order valence-corrected chi connectivity index (χ1v) is 41.2. The average Bonchev–Trinajstić information content (AvgIpc) is 1.92. The molecule has 0 radical (unpaired) electrons. The highest BCUT2D eigenvalue weighted by Crippen LogP contribution is 2.45. The van der Waals surface area contributed by atoms with Crippen LogP contribution in [0.4, 0.5) is 0 Å². The van der Waals surface area contributed by atoms with E-state index in [4.69, 9.17) is 37.0 Å². The molecule has 17 nitrogen and oxygen atoms in total. The summed E-state index contributed by atoms with van der Waals surface area (Å²) in [6.45, 7) is 7.23. The predicted octanol–water partition coefficient (Wildman–Crippen LogP) is 21.3. The molecule has 0 aliphatic rings. The fourth-order valence-electron chi connectivity index (χ4n) is 11.1. The standard InChI is InChI=1S/C73H142O17P2/c1-6-10-13-16-19-22-25-28-29-30-31-32-33-36-39-42-49-54-59-73(78)89-68(62-83-70(75)56-51-46-40-37-34-26-23-20-17-14-11-7-2)64-87-91(79,80)85-60-67(74)61-86-92(81,82)88-65-69(63-84-71(76)57-52-47-44-43-45-50-55-66(5)9-4)90-72(77)58-53-48-41-38-35-27-24-21-18-15-12-8-3/h66-69,74H,6-65H2,1-5H3,(H,79,80)(H,81,82)/t66?,67-,68-,69-/m1/s1. The third kappa shape index (κ3) is 65.4. The highest BCUT2D eigenvalue weighted by Gasteiger charge is 2.30. The van der Waals surface area contributed by atoms with Gasteiger partial charge in [-0.05, 0) is 31.6 Å². The Morgan fingerprint density at radius 2 is 0.522 bits per heavy atom. The molecule has 0 rings (SSSR count). The van der Waals surface area contributed by atoms with Gasteiger partial charge in [-0.25, -0.2) is 9.13 Å². The van der Waals surface area contributed by atoms with Gasteiger partial charge in [0.25, 0.3) is 0 Å². The van der Waals surface area contributed by atoms with Crippen LogP contribution in [0.15, 0.2) is 0 Å². The van der Waals surface area contributed by atoms with Crippen molar-refractivity contribution in [2.24, 2.45) is 5.92 Å². The van der Waals surface area contributed by atoms with E-state index in [1.54, 1.807) is 0 Å². The number of hydrogen-bond donors (Lipinski definition) is 3. The van der Waals surface area contributed by atoms with Crippen molar-refractivity contribution in [1.82, 2.24) is 0 Å². The number of rotatable bonds is 73. The zero-order valence-corrected chi connectivity index (χ0v) is 61.5. The Morgan fingerprint density at radius 3 is 0.772 bits per heavy atom. The largest absolute Gasteiger partial charge is 0.472 e. The number of hydrogen-bond acceptors (Lipinski definition) is 15. The van der Waals surface area contributed by atoms with E-state index < -0.39 is 97.5 Å². The number of carbonyl (C=O) groups excluding carboxylic acids is 4. The quantitative estimate of drug-likeness (QED) is 0.0222. The average molecular weight is 1350 g/mol. The minimum absolute atomic E-state index is 0.107. The van der Waals surface area contributed by atoms with Crippen molar-refractivity contribution in [3.05, 3.63) is 0 Å². The monoisotopic (exact) mass is 1350 g/mol. The lowest BCUT2D eigenvalue weighted by atomic mass is 10.00. The van der Waals surface area contributed by atoms with Gasteiger partial charge >= 0.3 is 39.5 Å². The second-order valence-electron chi connectivity index (χ2n) is 26.6. The molecule has 0 saturated carbocycles. The van der Waals surface area contributed by atoms with Crippen molar-refractivity contribution in [3.8, 4) is 0 Å². The molecule has 0 aromatic heterocycles. The SMILES string of the molecule is CCCCCCCCCCCCCCCCCCCCC(=O)O[C@H](COC(=O)CCCCCCCCCCCCCC)COP(=O)(O)OC[C@@H](O)COP(=O)(O)OC[C@@H](COC(=O)CCCCCCCCC(C)CC)OC(=O)CCCCCCCCCCCCCC. The van der Waals surface area contributed by atoms with Gasteiger partial charge in [-0.15, -0.1) is 0 Å². The Labute approximate surface area is 562 Å². The van der Waals surface area contributed by atoms with Crippen LogP contribution in [0.3, 0.4) is 0 Å². The first kappa shape index (κ1) is 90.1. The molecule has 0 aliphatic heterocycles. The Hall–Kier alpha value is -1.94. The maximum atomic E-state index is 13.1. The van der Waals surface area contributed by atoms with Gasteiger partial charge in [-0.2, -0.15) is 0 Å². The summed E-state index contributed by atoms with van der Waals surface area (Å²) in [5, 5.41) is 10.6. The van der Waals surface area contributed by atoms with Crippen LogP contribution >= 0.6 is 15.6 Å². The maximum Gasteiger partial charge on any atom is 0.472 e. The van der Waals surface area contributed by atoms with Gasteiger partial charge < -0.3 is 33.8 Å². The van der Waals surface area contributed by atoms with Crippen LogP contribution in [-0.2, 0) is 65.4 Å². The number of ether oxygens (including phenoxy) is 4. The molecule has 0 amide bonds. The second kappa shape index (κ2) is 66.3. The van der Waals surface area contributed by atoms with Crippen LogP contribution in [0.1, 0.15) is 381 Å². The smallest absolute Gasteiger partial charge is 0.462 e. The van der Waals surface area contributed by atoms with E-state index in [1.165, 1.54) is 199 Å². The van der Waals surface area contributed by atoms with Crippen molar-refractivity contribution in [2.45, 2.75) is 400 Å². The number of aliphatic hydroxyl groups excluding tert-OH is 1. The van der Waals surface area contributed by atoms with E-state index in [1.807, 2.05) is 0 Å². The molecule has 0 saturated heterocycles. The number of phosphoric acid groups is 2. The molecular formula is C73H142O17P2. The van der Waals surface area contributed by atoms with Crippen molar-refractivity contribution >= 4 is 39.5 Å². The molecule has 0 aliphatic carbocycles. The second-order valence-corrected chi connectivity index (χ2v) is 29.5. The number of unbranched alkanes of at least 4 members (excludes halogenated alkanes) is 44. The zero-order valence-electron chi connectivity index (χ0n) is 59.7. The van der Waals surface area contributed by atoms with Gasteiger partial charge in [0.1, 0.15) is 19.3 Å². The summed E-state index contributed by atoms with van der Waals surface area (Å²) in [5.74, 6) is -1.39. The van der Waals surface area contributed by atoms with Crippen LogP contribution in [0, 0.1) is 5.92 Å². The Balaban J connectivity index is 5.23. The number of aliphatic hydroxyl groups is 1. The fraction of sp³-hybridized carbons (Fsp3) is 0.945. The molecule has 546 valence electrons. The lowest BCUT2D eigenvalue weighted by molar-refractivity contribution is -0.161. The van der Waals surface area contributed by atoms with E-state index in [0.29, 0.717) is 25.7 Å². The summed E-state index contributed by atoms with van der Waals surface area (Å²) in [5.41, 5.74) is 0. The van der Waals surface area contributed by atoms with Gasteiger partial charge in [0.05, 0.1) is 26.4 Å². The summed E-state index contributed by atoms with van der Waals surface area (Å²) in [4.78, 5) is 72.7. The minimum Gasteiger partial charge on any atom is -0.462 e. The van der Waals surface area contributed by atoms with Gasteiger partial charge in [-0.1, -0.05) is 330 Å². The van der Waals surface area contributed by atoms with E-state index in [-0.39, 0.29) is 25.7 Å². The summed E-state index contributed by atoms with van der Waals surface area (Å²) >= 11 is 0. The molecule has 92 heavy (non-hydrogen) atoms. The summed E-state index contributed by atoms with van der Waals surface area (Å²) in [6, 6.07) is 0. The lowest BCUT2D eigenvalue weighted by Crippen LogP contribution is -2.30. The molecule has 3 unspecified atom stereocenters. The van der Waals surface area contributed by atoms with Gasteiger partial charge in [0, 0.05) is 25.7 Å². The van der Waals surface area contributed by atoms with Crippen LogP contribution in [0.2, 0.25) is 0 Å². The lowest BCUT2D eigenvalue weighted by Gasteiger charge is -2.21.